The zero-order valence-corrected chi connectivity index (χ0v) is 32.2. The van der Waals surface area contributed by atoms with Crippen LogP contribution in [0.15, 0.2) is 79.1 Å². The van der Waals surface area contributed by atoms with E-state index in [1.165, 1.54) is 31.6 Å². The first-order valence-electron chi connectivity index (χ1n) is 19.1. The van der Waals surface area contributed by atoms with Crippen LogP contribution >= 0.6 is 0 Å². The summed E-state index contributed by atoms with van der Waals surface area (Å²) < 4.78 is 36.3. The first kappa shape index (κ1) is 39.6. The van der Waals surface area contributed by atoms with Crippen LogP contribution < -0.4 is 10.6 Å². The summed E-state index contributed by atoms with van der Waals surface area (Å²) in [5.41, 5.74) is 2.79. The van der Waals surface area contributed by atoms with Crippen molar-refractivity contribution in [2.75, 3.05) is 20.2 Å². The van der Waals surface area contributed by atoms with Crippen LogP contribution in [0.5, 0.6) is 0 Å². The summed E-state index contributed by atoms with van der Waals surface area (Å²) in [6.45, 7) is 4.43. The van der Waals surface area contributed by atoms with Crippen molar-refractivity contribution in [1.82, 2.24) is 40.4 Å². The number of H-pyrrole nitrogens is 2. The summed E-state index contributed by atoms with van der Waals surface area (Å²) in [7, 11) is 1.23. The molecule has 4 atom stereocenters. The first-order valence-corrected chi connectivity index (χ1v) is 19.1. The SMILES string of the molecule is COC(=O)N[C@@H](C(=O)N1CCC[C@H]1c1ncc(-c2ccc(-c3ccc(-c4cnc([C@@H]5CCCN5C(=O)[C@@H](NC(=O)O)C(C)C)[nH]4)c(F)c3)cc2F)[nH]1)c1ccccc1. The molecule has 0 bridgehead atoms. The summed E-state index contributed by atoms with van der Waals surface area (Å²) in [5.74, 6) is -1.09. The molecule has 4 heterocycles. The Morgan fingerprint density at radius 1 is 0.776 bits per heavy atom. The number of carbonyl (C=O) groups excluding carboxylic acids is 3. The number of carbonyl (C=O) groups is 4. The van der Waals surface area contributed by atoms with Gasteiger partial charge in [-0.2, -0.15) is 0 Å². The molecule has 58 heavy (non-hydrogen) atoms. The monoisotopic (exact) mass is 794 g/mol. The minimum Gasteiger partial charge on any atom is -0.465 e. The van der Waals surface area contributed by atoms with Gasteiger partial charge in [-0.1, -0.05) is 56.3 Å². The number of methoxy groups -OCH3 is 1. The molecule has 2 fully saturated rings. The molecule has 14 nitrogen and oxygen atoms in total. The molecule has 4 amide bonds. The standard InChI is InChI=1S/C42H44F2N8O6/c1-23(2)35(49-41(55)56)39(53)51-17-7-11-33(51)37-45-21-31(47-37)27-15-13-25(19-29(27)43)26-14-16-28(30(44)20-26)32-22-46-38(48-32)34-12-8-18-52(34)40(54)36(50-42(57)58-3)24-9-5-4-6-10-24/h4-6,9-10,13-16,19-23,33-36,49H,7-8,11-12,17-18H2,1-3H3,(H,45,47)(H,46,48)(H,50,57)(H,55,56)/t33-,34-,35-,36+/m0/s1. The molecule has 5 N–H and O–H groups in total. The maximum atomic E-state index is 15.8. The molecule has 302 valence electrons. The Bertz CT molecular complexity index is 2310. The highest BCUT2D eigenvalue weighted by Crippen LogP contribution is 2.37. The predicted molar refractivity (Wildman–Crippen MR) is 209 cm³/mol. The minimum atomic E-state index is -1.28. The molecular formula is C42H44F2N8O6. The number of benzene rings is 3. The number of alkyl carbamates (subject to hydrolysis) is 1. The van der Waals surface area contributed by atoms with Gasteiger partial charge in [0.1, 0.15) is 35.4 Å². The Balaban J connectivity index is 1.05. The van der Waals surface area contributed by atoms with E-state index in [0.29, 0.717) is 78.5 Å². The number of ether oxygens (including phenoxy) is 1. The van der Waals surface area contributed by atoms with Crippen LogP contribution in [-0.2, 0) is 14.3 Å². The molecular weight excluding hydrogens is 751 g/mol. The van der Waals surface area contributed by atoms with Crippen LogP contribution in [0, 0.1) is 17.6 Å². The lowest BCUT2D eigenvalue weighted by Gasteiger charge is -2.29. The summed E-state index contributed by atoms with van der Waals surface area (Å²) in [5, 5.41) is 14.2. The number of imidazole rings is 2. The first-order chi connectivity index (χ1) is 27.9. The second-order valence-corrected chi connectivity index (χ2v) is 14.8. The summed E-state index contributed by atoms with van der Waals surface area (Å²) in [4.78, 5) is 69.4. The molecule has 2 saturated heterocycles. The van der Waals surface area contributed by atoms with Gasteiger partial charge in [0, 0.05) is 24.2 Å². The molecule has 2 aromatic heterocycles. The van der Waals surface area contributed by atoms with Gasteiger partial charge in [0.15, 0.2) is 0 Å². The van der Waals surface area contributed by atoms with E-state index in [1.807, 2.05) is 6.07 Å². The van der Waals surface area contributed by atoms with Crippen molar-refractivity contribution in [1.29, 1.82) is 0 Å². The lowest BCUT2D eigenvalue weighted by molar-refractivity contribution is -0.135. The van der Waals surface area contributed by atoms with Crippen molar-refractivity contribution in [2.45, 2.75) is 63.7 Å². The third-order valence-corrected chi connectivity index (χ3v) is 10.8. The Morgan fingerprint density at radius 3 is 1.76 bits per heavy atom. The van der Waals surface area contributed by atoms with Gasteiger partial charge >= 0.3 is 12.2 Å². The second kappa shape index (κ2) is 16.9. The second-order valence-electron chi connectivity index (χ2n) is 14.8. The van der Waals surface area contributed by atoms with Crippen molar-refractivity contribution in [2.24, 2.45) is 5.92 Å². The Kier molecular flexibility index (Phi) is 11.5. The molecule has 7 rings (SSSR count). The summed E-state index contributed by atoms with van der Waals surface area (Å²) in [6, 6.07) is 15.3. The van der Waals surface area contributed by atoms with E-state index >= 15 is 8.78 Å². The Morgan fingerprint density at radius 2 is 1.29 bits per heavy atom. The fourth-order valence-corrected chi connectivity index (χ4v) is 7.84. The van der Waals surface area contributed by atoms with Gasteiger partial charge in [0.25, 0.3) is 5.91 Å². The van der Waals surface area contributed by atoms with Gasteiger partial charge in [0.2, 0.25) is 5.91 Å². The number of aromatic nitrogens is 4. The van der Waals surface area contributed by atoms with Crippen LogP contribution in [-0.4, -0.2) is 85.1 Å². The average Bonchev–Trinajstić information content (AvgIpc) is 4.05. The highest BCUT2D eigenvalue weighted by Gasteiger charge is 2.39. The predicted octanol–water partition coefficient (Wildman–Crippen LogP) is 7.13. The number of amides is 4. The smallest absolute Gasteiger partial charge is 0.407 e. The maximum absolute atomic E-state index is 15.8. The number of nitrogens with one attached hydrogen (secondary N) is 4. The molecule has 0 saturated carbocycles. The summed E-state index contributed by atoms with van der Waals surface area (Å²) in [6.07, 6.45) is 3.64. The number of likely N-dealkylation sites (tertiary alicyclic amines) is 2. The van der Waals surface area contributed by atoms with Gasteiger partial charge in [-0.25, -0.2) is 28.3 Å². The van der Waals surface area contributed by atoms with Crippen LogP contribution in [0.3, 0.4) is 0 Å². The Labute approximate surface area is 333 Å². The van der Waals surface area contributed by atoms with Gasteiger partial charge in [-0.3, -0.25) is 9.59 Å². The lowest BCUT2D eigenvalue weighted by Crippen LogP contribution is -2.50. The lowest BCUT2D eigenvalue weighted by atomic mass is 10.00. The summed E-state index contributed by atoms with van der Waals surface area (Å²) >= 11 is 0. The zero-order valence-electron chi connectivity index (χ0n) is 32.2. The van der Waals surface area contributed by atoms with Gasteiger partial charge < -0.3 is 40.2 Å². The fourth-order valence-electron chi connectivity index (χ4n) is 7.84. The largest absolute Gasteiger partial charge is 0.465 e. The minimum absolute atomic E-state index is 0.240. The molecule has 2 aliphatic heterocycles. The van der Waals surface area contributed by atoms with E-state index in [0.717, 1.165) is 0 Å². The quantitative estimate of drug-likeness (QED) is 0.0935. The maximum Gasteiger partial charge on any atom is 0.407 e. The number of carboxylic acid groups (broad SMARTS) is 1. The number of nitrogens with zero attached hydrogens (tertiary/aromatic N) is 4. The molecule has 0 spiro atoms. The molecule has 0 unspecified atom stereocenters. The van der Waals surface area contributed by atoms with Crippen LogP contribution in [0.4, 0.5) is 18.4 Å². The number of hydrogen-bond donors (Lipinski definition) is 5. The third-order valence-electron chi connectivity index (χ3n) is 10.8. The average molecular weight is 795 g/mol. The van der Waals surface area contributed by atoms with Gasteiger partial charge in [-0.05, 0) is 72.6 Å². The Hall–Kier alpha value is -6.58. The van der Waals surface area contributed by atoms with Gasteiger partial charge in [-0.15, -0.1) is 0 Å². The van der Waals surface area contributed by atoms with Crippen LogP contribution in [0.1, 0.15) is 74.9 Å². The molecule has 0 radical (unpaired) electrons. The van der Waals surface area contributed by atoms with Crippen molar-refractivity contribution in [3.05, 3.63) is 108 Å². The highest BCUT2D eigenvalue weighted by atomic mass is 19.1. The number of rotatable bonds is 11. The van der Waals surface area contributed by atoms with Crippen LogP contribution in [0.2, 0.25) is 0 Å². The van der Waals surface area contributed by atoms with Crippen molar-refractivity contribution < 1.29 is 37.8 Å². The topological polar surface area (TPSA) is 186 Å². The van der Waals surface area contributed by atoms with E-state index in [1.54, 1.807) is 72.2 Å². The van der Waals surface area contributed by atoms with Gasteiger partial charge in [0.05, 0.1) is 43.0 Å². The van der Waals surface area contributed by atoms with Crippen LogP contribution in [0.25, 0.3) is 33.6 Å². The van der Waals surface area contributed by atoms with Crippen molar-refractivity contribution >= 4 is 24.0 Å². The van der Waals surface area contributed by atoms with E-state index in [4.69, 9.17) is 4.74 Å². The van der Waals surface area contributed by atoms with E-state index in [9.17, 15) is 24.3 Å². The molecule has 16 heteroatoms. The van der Waals surface area contributed by atoms with Crippen molar-refractivity contribution in [3.63, 3.8) is 0 Å². The third kappa shape index (κ3) is 8.12. The molecule has 2 aliphatic rings. The normalized spacial score (nSPS) is 17.6. The number of halogens is 2. The molecule has 0 aliphatic carbocycles. The fraction of sp³-hybridized carbons (Fsp3) is 0.333. The highest BCUT2D eigenvalue weighted by molar-refractivity contribution is 5.88. The molecule has 5 aromatic rings. The van der Waals surface area contributed by atoms with E-state index < -0.39 is 48.0 Å². The van der Waals surface area contributed by atoms with E-state index in [2.05, 4.69) is 30.6 Å². The molecule has 3 aromatic carbocycles. The zero-order chi connectivity index (χ0) is 41.1. The number of hydrogen-bond acceptors (Lipinski definition) is 7. The van der Waals surface area contributed by atoms with E-state index in [-0.39, 0.29) is 28.9 Å². The number of aromatic amines is 2. The van der Waals surface area contributed by atoms with Crippen molar-refractivity contribution in [3.8, 4) is 33.6 Å².